The first-order valence-electron chi connectivity index (χ1n) is 8.64. The van der Waals surface area contributed by atoms with Crippen molar-refractivity contribution in [1.82, 2.24) is 4.90 Å². The topological polar surface area (TPSA) is 46.3 Å². The maximum Gasteiger partial charge on any atom is 0.225 e. The van der Waals surface area contributed by atoms with Crippen LogP contribution in [0.3, 0.4) is 0 Å². The van der Waals surface area contributed by atoms with Gasteiger partial charge in [0.05, 0.1) is 0 Å². The predicted molar refractivity (Wildman–Crippen MR) is 83.3 cm³/mol. The molecule has 116 valence electrons. The summed E-state index contributed by atoms with van der Waals surface area (Å²) in [5.41, 5.74) is 5.88. The van der Waals surface area contributed by atoms with Gasteiger partial charge in [-0.05, 0) is 56.9 Å². The molecule has 0 aromatic heterocycles. The Morgan fingerprint density at radius 2 is 1.75 bits per heavy atom. The van der Waals surface area contributed by atoms with E-state index in [1.807, 2.05) is 7.05 Å². The maximum absolute atomic E-state index is 12.8. The molecule has 3 heteroatoms. The highest BCUT2D eigenvalue weighted by Gasteiger charge is 2.34. The highest BCUT2D eigenvalue weighted by molar-refractivity contribution is 5.79. The number of rotatable bonds is 4. The quantitative estimate of drug-likeness (QED) is 0.859. The van der Waals surface area contributed by atoms with Crippen molar-refractivity contribution in [3.63, 3.8) is 0 Å². The van der Waals surface area contributed by atoms with Crippen molar-refractivity contribution in [3.05, 3.63) is 0 Å². The van der Waals surface area contributed by atoms with Crippen LogP contribution in [0.1, 0.15) is 64.7 Å². The fourth-order valence-electron chi connectivity index (χ4n) is 4.20. The molecule has 2 aliphatic rings. The van der Waals surface area contributed by atoms with Gasteiger partial charge in [0.2, 0.25) is 5.91 Å². The minimum atomic E-state index is 0.197. The first-order valence-corrected chi connectivity index (χ1v) is 8.64. The van der Waals surface area contributed by atoms with Gasteiger partial charge in [-0.25, -0.2) is 0 Å². The second-order valence-corrected chi connectivity index (χ2v) is 6.92. The number of nitrogens with two attached hydrogens (primary N) is 1. The highest BCUT2D eigenvalue weighted by atomic mass is 16.2. The van der Waals surface area contributed by atoms with Gasteiger partial charge in [-0.1, -0.05) is 26.2 Å². The monoisotopic (exact) mass is 280 g/mol. The largest absolute Gasteiger partial charge is 0.343 e. The van der Waals surface area contributed by atoms with Crippen LogP contribution >= 0.6 is 0 Å². The molecule has 0 heterocycles. The van der Waals surface area contributed by atoms with E-state index < -0.39 is 0 Å². The molecule has 3 nitrogen and oxygen atoms in total. The van der Waals surface area contributed by atoms with Gasteiger partial charge >= 0.3 is 0 Å². The summed E-state index contributed by atoms with van der Waals surface area (Å²) in [5, 5.41) is 0. The van der Waals surface area contributed by atoms with Gasteiger partial charge in [-0.3, -0.25) is 4.79 Å². The Bertz CT molecular complexity index is 310. The predicted octanol–water partition coefficient (Wildman–Crippen LogP) is 3.18. The van der Waals surface area contributed by atoms with E-state index in [0.717, 1.165) is 18.8 Å². The second-order valence-electron chi connectivity index (χ2n) is 6.92. The first-order chi connectivity index (χ1) is 9.67. The molecular weight excluding hydrogens is 248 g/mol. The molecule has 0 aromatic carbocycles. The van der Waals surface area contributed by atoms with E-state index in [1.54, 1.807) is 0 Å². The zero-order chi connectivity index (χ0) is 14.5. The third-order valence-corrected chi connectivity index (χ3v) is 5.82. The lowest BCUT2D eigenvalue weighted by molar-refractivity contribution is -0.140. The molecule has 0 aromatic rings. The molecule has 2 unspecified atom stereocenters. The van der Waals surface area contributed by atoms with Crippen LogP contribution in [0.2, 0.25) is 0 Å². The van der Waals surface area contributed by atoms with Crippen LogP contribution in [0, 0.1) is 17.8 Å². The third-order valence-electron chi connectivity index (χ3n) is 5.82. The molecule has 0 spiro atoms. The summed E-state index contributed by atoms with van der Waals surface area (Å²) in [6.45, 7) is 2.96. The van der Waals surface area contributed by atoms with Gasteiger partial charge in [0.25, 0.3) is 0 Å². The molecule has 0 radical (unpaired) electrons. The molecule has 20 heavy (non-hydrogen) atoms. The van der Waals surface area contributed by atoms with E-state index in [-0.39, 0.29) is 5.92 Å². The molecule has 2 N–H and O–H groups in total. The fourth-order valence-corrected chi connectivity index (χ4v) is 4.20. The Morgan fingerprint density at radius 3 is 2.35 bits per heavy atom. The second kappa shape index (κ2) is 7.44. The van der Waals surface area contributed by atoms with Crippen LogP contribution in [0.15, 0.2) is 0 Å². The van der Waals surface area contributed by atoms with Crippen molar-refractivity contribution in [2.45, 2.75) is 70.8 Å². The minimum absolute atomic E-state index is 0.197. The molecular formula is C17H32N2O. The summed E-state index contributed by atoms with van der Waals surface area (Å²) in [4.78, 5) is 14.9. The lowest BCUT2D eigenvalue weighted by atomic mass is 9.77. The lowest BCUT2D eigenvalue weighted by Gasteiger charge is -2.39. The van der Waals surface area contributed by atoms with Crippen LogP contribution in [0.25, 0.3) is 0 Å². The smallest absolute Gasteiger partial charge is 0.225 e. The average molecular weight is 280 g/mol. The van der Waals surface area contributed by atoms with E-state index >= 15 is 0 Å². The van der Waals surface area contributed by atoms with E-state index in [9.17, 15) is 4.79 Å². The molecule has 0 saturated heterocycles. The zero-order valence-corrected chi connectivity index (χ0v) is 13.3. The van der Waals surface area contributed by atoms with Crippen LogP contribution in [-0.4, -0.2) is 30.4 Å². The SMILES string of the molecule is CCC1CCC(N(C)C(=O)C2CCCCC2CN)CC1. The number of carbonyl (C=O) groups excluding carboxylic acids is 1. The highest BCUT2D eigenvalue weighted by Crippen LogP contribution is 2.34. The van der Waals surface area contributed by atoms with Crippen molar-refractivity contribution in [2.24, 2.45) is 23.5 Å². The number of amides is 1. The summed E-state index contributed by atoms with van der Waals surface area (Å²) in [6.07, 6.45) is 10.9. The van der Waals surface area contributed by atoms with Crippen molar-refractivity contribution >= 4 is 5.91 Å². The van der Waals surface area contributed by atoms with Crippen molar-refractivity contribution in [1.29, 1.82) is 0 Å². The van der Waals surface area contributed by atoms with Crippen molar-refractivity contribution < 1.29 is 4.79 Å². The Kier molecular flexibility index (Phi) is 5.88. The molecule has 2 fully saturated rings. The van der Waals surface area contributed by atoms with Crippen LogP contribution in [-0.2, 0) is 4.79 Å². The molecule has 2 saturated carbocycles. The van der Waals surface area contributed by atoms with Gasteiger partial charge in [-0.15, -0.1) is 0 Å². The summed E-state index contributed by atoms with van der Waals surface area (Å²) in [7, 11) is 2.03. The van der Waals surface area contributed by atoms with E-state index in [1.165, 1.54) is 44.9 Å². The van der Waals surface area contributed by atoms with Crippen LogP contribution in [0.4, 0.5) is 0 Å². The van der Waals surface area contributed by atoms with Gasteiger partial charge < -0.3 is 10.6 Å². The average Bonchev–Trinajstić information content (AvgIpc) is 2.53. The molecule has 2 aliphatic carbocycles. The first kappa shape index (κ1) is 15.8. The normalized spacial score (nSPS) is 34.8. The summed E-state index contributed by atoms with van der Waals surface area (Å²) in [6, 6.07) is 0.477. The Balaban J connectivity index is 1.91. The summed E-state index contributed by atoms with van der Waals surface area (Å²) < 4.78 is 0. The maximum atomic E-state index is 12.8. The molecule has 2 rings (SSSR count). The van der Waals surface area contributed by atoms with Gasteiger partial charge in [-0.2, -0.15) is 0 Å². The fraction of sp³-hybridized carbons (Fsp3) is 0.941. The van der Waals surface area contributed by atoms with Crippen molar-refractivity contribution in [3.8, 4) is 0 Å². The van der Waals surface area contributed by atoms with Crippen LogP contribution in [0.5, 0.6) is 0 Å². The molecule has 0 aliphatic heterocycles. The lowest BCUT2D eigenvalue weighted by Crippen LogP contribution is -2.46. The Hall–Kier alpha value is -0.570. The zero-order valence-electron chi connectivity index (χ0n) is 13.3. The number of nitrogens with zero attached hydrogens (tertiary/aromatic N) is 1. The Labute approximate surface area is 124 Å². The van der Waals surface area contributed by atoms with Gasteiger partial charge in [0.1, 0.15) is 0 Å². The number of hydrogen-bond donors (Lipinski definition) is 1. The minimum Gasteiger partial charge on any atom is -0.343 e. The van der Waals surface area contributed by atoms with Gasteiger partial charge in [0, 0.05) is 19.0 Å². The van der Waals surface area contributed by atoms with E-state index in [4.69, 9.17) is 5.73 Å². The number of hydrogen-bond acceptors (Lipinski definition) is 2. The Morgan fingerprint density at radius 1 is 1.10 bits per heavy atom. The van der Waals surface area contributed by atoms with Gasteiger partial charge in [0.15, 0.2) is 0 Å². The molecule has 0 bridgehead atoms. The molecule has 2 atom stereocenters. The van der Waals surface area contributed by atoms with Crippen LogP contribution < -0.4 is 5.73 Å². The van der Waals surface area contributed by atoms with Crippen molar-refractivity contribution in [2.75, 3.05) is 13.6 Å². The summed E-state index contributed by atoms with van der Waals surface area (Å²) in [5.74, 6) is 1.88. The molecule has 1 amide bonds. The standard InChI is InChI=1S/C17H32N2O/c1-3-13-8-10-15(11-9-13)19(2)17(20)16-7-5-4-6-14(16)12-18/h13-16H,3-12,18H2,1-2H3. The van der Waals surface area contributed by atoms with E-state index in [0.29, 0.717) is 24.4 Å². The van der Waals surface area contributed by atoms with E-state index in [2.05, 4.69) is 11.8 Å². The third kappa shape index (κ3) is 3.55. The summed E-state index contributed by atoms with van der Waals surface area (Å²) >= 11 is 0. The number of carbonyl (C=O) groups is 1.